The Bertz CT molecular complexity index is 2160. The van der Waals surface area contributed by atoms with E-state index in [0.29, 0.717) is 23.3 Å². The fourth-order valence-corrected chi connectivity index (χ4v) is 6.78. The second-order valence-electron chi connectivity index (χ2n) is 11.3. The molecule has 0 spiro atoms. The Morgan fingerprint density at radius 3 is 0.918 bits per heavy atom. The van der Waals surface area contributed by atoms with Crippen LogP contribution in [0.4, 0.5) is 0 Å². The van der Waals surface area contributed by atoms with Gasteiger partial charge in [0.2, 0.25) is 0 Å². The Hall–Kier alpha value is -7.08. The molecule has 0 aliphatic heterocycles. The minimum absolute atomic E-state index is 0.520. The molecule has 0 atom stereocenters. The van der Waals surface area contributed by atoms with Gasteiger partial charge in [0.05, 0.1) is 5.41 Å². The van der Waals surface area contributed by atoms with Gasteiger partial charge in [-0.05, 0) is 69.8 Å². The van der Waals surface area contributed by atoms with E-state index in [1.54, 1.807) is 0 Å². The summed E-state index contributed by atoms with van der Waals surface area (Å²) in [4.78, 5) is 52.4. The van der Waals surface area contributed by atoms with Crippen LogP contribution >= 0.6 is 0 Å². The number of nitrogens with zero attached hydrogens (tertiary/aromatic N) is 12. The molecule has 0 radical (unpaired) electrons. The lowest BCUT2D eigenvalue weighted by atomic mass is 9.66. The summed E-state index contributed by atoms with van der Waals surface area (Å²) in [7, 11) is 0. The molecule has 0 fully saturated rings. The Kier molecular flexibility index (Phi) is 6.68. The third kappa shape index (κ3) is 4.69. The monoisotopic (exact) mass is 634 g/mol. The number of rotatable bonds is 6. The summed E-state index contributed by atoms with van der Waals surface area (Å²) >= 11 is 0. The highest BCUT2D eigenvalue weighted by Crippen LogP contribution is 2.57. The van der Waals surface area contributed by atoms with Crippen molar-refractivity contribution in [2.75, 3.05) is 0 Å². The fraction of sp³-hybridized carbons (Fsp3) is 0.0270. The first kappa shape index (κ1) is 28.2. The van der Waals surface area contributed by atoms with Crippen LogP contribution in [0.5, 0.6) is 0 Å². The second-order valence-corrected chi connectivity index (χ2v) is 11.3. The van der Waals surface area contributed by atoms with E-state index in [1.165, 1.54) is 50.6 Å². The summed E-state index contributed by atoms with van der Waals surface area (Å²) < 4.78 is 0. The molecule has 0 amide bonds. The molecule has 0 N–H and O–H groups in total. The molecule has 49 heavy (non-hydrogen) atoms. The number of aromatic nitrogens is 12. The molecule has 4 aromatic carbocycles. The van der Waals surface area contributed by atoms with Crippen molar-refractivity contribution < 1.29 is 0 Å². The van der Waals surface area contributed by atoms with E-state index < -0.39 is 5.41 Å². The highest BCUT2D eigenvalue weighted by atomic mass is 15.0. The maximum Gasteiger partial charge on any atom is 0.162 e. The van der Waals surface area contributed by atoms with Gasteiger partial charge >= 0.3 is 0 Å². The summed E-state index contributed by atoms with van der Waals surface area (Å²) in [5, 5.41) is 0. The van der Waals surface area contributed by atoms with E-state index in [9.17, 15) is 0 Å². The number of hydrogen-bond donors (Lipinski definition) is 0. The molecule has 0 saturated heterocycles. The minimum atomic E-state index is -0.858. The number of fused-ring (bicyclic) bond motifs is 3. The third-order valence-electron chi connectivity index (χ3n) is 8.69. The van der Waals surface area contributed by atoms with Gasteiger partial charge < -0.3 is 0 Å². The van der Waals surface area contributed by atoms with Crippen molar-refractivity contribution in [2.45, 2.75) is 5.41 Å². The topological polar surface area (TPSA) is 155 Å². The zero-order chi connectivity index (χ0) is 32.6. The molecule has 1 aliphatic carbocycles. The van der Waals surface area contributed by atoms with Crippen LogP contribution in [-0.2, 0) is 5.41 Å². The SMILES string of the molecule is c1ccc2c(c1)-c1ccccc1C2(c1cc(-c2ncncn2)cc(-c2ncncn2)c1)c1cc(-c2ncncn2)cc(-c2ncncn2)c1. The predicted molar refractivity (Wildman–Crippen MR) is 179 cm³/mol. The molecule has 1 aliphatic rings. The van der Waals surface area contributed by atoms with Crippen molar-refractivity contribution in [3.05, 3.63) is 158 Å². The molecule has 0 unspecified atom stereocenters. The Balaban J connectivity index is 1.43. The van der Waals surface area contributed by atoms with Gasteiger partial charge in [0.15, 0.2) is 23.3 Å². The highest BCUT2D eigenvalue weighted by Gasteiger charge is 2.47. The van der Waals surface area contributed by atoms with Gasteiger partial charge in [-0.1, -0.05) is 48.5 Å². The molecule has 9 rings (SSSR count). The lowest BCUT2D eigenvalue weighted by Crippen LogP contribution is -2.29. The molecule has 8 aromatic rings. The quantitative estimate of drug-likeness (QED) is 0.228. The summed E-state index contributed by atoms with van der Waals surface area (Å²) in [6.07, 6.45) is 11.9. The van der Waals surface area contributed by atoms with Crippen LogP contribution in [0.1, 0.15) is 22.3 Å². The van der Waals surface area contributed by atoms with Crippen molar-refractivity contribution in [3.63, 3.8) is 0 Å². The Labute approximate surface area is 279 Å². The standard InChI is InChI=1S/C37H22N12/c1-3-7-31-29(5-1)30-6-2-4-8-32(30)37(31,27-11-23(33-42-15-38-16-43-33)9-24(12-27)34-44-17-39-18-45-34)28-13-25(35-46-19-40-20-47-35)10-26(14-28)36-48-21-41-22-49-36/h1-22H. The summed E-state index contributed by atoms with van der Waals surface area (Å²) in [6.45, 7) is 0. The first-order valence-electron chi connectivity index (χ1n) is 15.3. The van der Waals surface area contributed by atoms with E-state index >= 15 is 0 Å². The maximum atomic E-state index is 4.52. The van der Waals surface area contributed by atoms with E-state index in [4.69, 9.17) is 0 Å². The van der Waals surface area contributed by atoms with E-state index in [2.05, 4.69) is 133 Å². The third-order valence-corrected chi connectivity index (χ3v) is 8.69. The first-order chi connectivity index (χ1) is 24.3. The normalized spacial score (nSPS) is 12.7. The average molecular weight is 635 g/mol. The molecular weight excluding hydrogens is 612 g/mol. The molecule has 0 bridgehead atoms. The molecule has 12 heteroatoms. The smallest absolute Gasteiger partial charge is 0.162 e. The van der Waals surface area contributed by atoms with Crippen LogP contribution in [0, 0.1) is 0 Å². The van der Waals surface area contributed by atoms with Crippen LogP contribution in [0.2, 0.25) is 0 Å². The highest BCUT2D eigenvalue weighted by molar-refractivity contribution is 5.88. The van der Waals surface area contributed by atoms with Crippen molar-refractivity contribution in [3.8, 4) is 56.7 Å². The van der Waals surface area contributed by atoms with Crippen LogP contribution < -0.4 is 0 Å². The Morgan fingerprint density at radius 1 is 0.327 bits per heavy atom. The summed E-state index contributed by atoms with van der Waals surface area (Å²) in [6, 6.07) is 29.5. The number of hydrogen-bond acceptors (Lipinski definition) is 12. The van der Waals surface area contributed by atoms with Crippen molar-refractivity contribution in [2.24, 2.45) is 0 Å². The molecule has 4 heterocycles. The Morgan fingerprint density at radius 2 is 0.612 bits per heavy atom. The summed E-state index contributed by atoms with van der Waals surface area (Å²) in [5.74, 6) is 2.08. The lowest BCUT2D eigenvalue weighted by molar-refractivity contribution is 0.768. The predicted octanol–water partition coefficient (Wildman–Crippen LogP) is 5.46. The first-order valence-corrected chi connectivity index (χ1v) is 15.3. The van der Waals surface area contributed by atoms with Crippen LogP contribution in [0.25, 0.3) is 56.7 Å². The largest absolute Gasteiger partial charge is 0.225 e. The zero-order valence-electron chi connectivity index (χ0n) is 25.6. The van der Waals surface area contributed by atoms with Gasteiger partial charge in [-0.2, -0.15) is 0 Å². The van der Waals surface area contributed by atoms with E-state index in [-0.39, 0.29) is 0 Å². The zero-order valence-corrected chi connectivity index (χ0v) is 25.6. The van der Waals surface area contributed by atoms with Gasteiger partial charge in [-0.3, -0.25) is 0 Å². The second kappa shape index (κ2) is 11.6. The molecular formula is C37H22N12. The van der Waals surface area contributed by atoms with E-state index in [0.717, 1.165) is 55.6 Å². The average Bonchev–Trinajstić information content (AvgIpc) is 3.50. The number of benzene rings is 4. The minimum Gasteiger partial charge on any atom is -0.225 e. The van der Waals surface area contributed by atoms with Crippen molar-refractivity contribution in [1.29, 1.82) is 0 Å². The van der Waals surface area contributed by atoms with Gasteiger partial charge in [0.1, 0.15) is 50.6 Å². The lowest BCUT2D eigenvalue weighted by Gasteiger charge is -2.35. The maximum absolute atomic E-state index is 4.52. The molecule has 12 nitrogen and oxygen atoms in total. The van der Waals surface area contributed by atoms with Crippen LogP contribution in [0.15, 0.2) is 136 Å². The molecule has 230 valence electrons. The van der Waals surface area contributed by atoms with Crippen molar-refractivity contribution in [1.82, 2.24) is 59.8 Å². The van der Waals surface area contributed by atoms with Crippen LogP contribution in [-0.4, -0.2) is 59.8 Å². The van der Waals surface area contributed by atoms with Crippen molar-refractivity contribution >= 4 is 0 Å². The van der Waals surface area contributed by atoms with Gasteiger partial charge in [0, 0.05) is 22.3 Å². The van der Waals surface area contributed by atoms with Crippen LogP contribution in [0.3, 0.4) is 0 Å². The molecule has 4 aromatic heterocycles. The fourth-order valence-electron chi connectivity index (χ4n) is 6.78. The van der Waals surface area contributed by atoms with Gasteiger partial charge in [-0.25, -0.2) is 59.8 Å². The van der Waals surface area contributed by atoms with Gasteiger partial charge in [-0.15, -0.1) is 0 Å². The van der Waals surface area contributed by atoms with E-state index in [1.807, 2.05) is 12.1 Å². The molecule has 0 saturated carbocycles. The summed E-state index contributed by atoms with van der Waals surface area (Å²) in [5.41, 5.74) is 8.61. The van der Waals surface area contributed by atoms with Gasteiger partial charge in [0.25, 0.3) is 0 Å².